The summed E-state index contributed by atoms with van der Waals surface area (Å²) in [4.78, 5) is 15.6. The molecule has 0 saturated carbocycles. The van der Waals surface area contributed by atoms with Crippen LogP contribution < -0.4 is 9.60 Å². The van der Waals surface area contributed by atoms with Gasteiger partial charge in [-0.1, -0.05) is 11.3 Å². The molecule has 0 spiro atoms. The lowest BCUT2D eigenvalue weighted by atomic mass is 9.98. The summed E-state index contributed by atoms with van der Waals surface area (Å²) < 4.78 is 26.9. The normalized spacial score (nSPS) is 18.8. The molecule has 1 aliphatic rings. The van der Waals surface area contributed by atoms with Crippen LogP contribution >= 0.6 is 11.3 Å². The second-order valence-electron chi connectivity index (χ2n) is 5.03. The highest BCUT2D eigenvalue weighted by Crippen LogP contribution is 2.18. The number of likely N-dealkylation sites (tertiary alicyclic amines) is 1. The van der Waals surface area contributed by atoms with Crippen molar-refractivity contribution >= 4 is 21.4 Å². The minimum Gasteiger partial charge on any atom is -0.315 e. The first-order valence-corrected chi connectivity index (χ1v) is 8.56. The average molecular weight is 305 g/mol. The second-order valence-corrected chi connectivity index (χ2v) is 7.97. The number of hydrogen-bond donors (Lipinski definition) is 2. The summed E-state index contributed by atoms with van der Waals surface area (Å²) in [6, 6.07) is 0. The fraction of sp³-hybridized carbons (Fsp3) is 0.727. The van der Waals surface area contributed by atoms with Crippen LogP contribution in [-0.4, -0.2) is 45.0 Å². The maximum Gasteiger partial charge on any atom is 0.305 e. The number of sulfonamides is 1. The summed E-state index contributed by atoms with van der Waals surface area (Å²) in [5, 5.41) is 0. The van der Waals surface area contributed by atoms with Gasteiger partial charge in [0.2, 0.25) is 0 Å². The van der Waals surface area contributed by atoms with Crippen molar-refractivity contribution in [3.8, 4) is 0 Å². The van der Waals surface area contributed by atoms with E-state index in [-0.39, 0.29) is 9.08 Å². The van der Waals surface area contributed by atoms with Crippen LogP contribution in [0.15, 0.2) is 9.00 Å². The molecule has 2 heterocycles. The van der Waals surface area contributed by atoms with E-state index in [1.54, 1.807) is 6.92 Å². The Bertz CT molecular complexity index is 583. The number of H-pyrrole nitrogens is 1. The minimum absolute atomic E-state index is 0.102. The summed E-state index contributed by atoms with van der Waals surface area (Å²) >= 11 is 0.738. The molecular weight excluding hydrogens is 286 g/mol. The van der Waals surface area contributed by atoms with Gasteiger partial charge in [-0.3, -0.25) is 4.79 Å². The largest absolute Gasteiger partial charge is 0.315 e. The third-order valence-electron chi connectivity index (χ3n) is 3.43. The molecule has 2 rings (SSSR count). The molecule has 0 unspecified atom stereocenters. The standard InChI is InChI=1S/C11H19N3O3S2/c1-8-10(18-11(15)13-8)19(16,17)12-7-9-3-5-14(2)6-4-9/h9,12H,3-7H2,1-2H3,(H,13,15). The molecule has 1 aromatic rings. The molecule has 2 N–H and O–H groups in total. The second kappa shape index (κ2) is 5.74. The minimum atomic E-state index is -3.56. The van der Waals surface area contributed by atoms with Crippen molar-refractivity contribution in [3.63, 3.8) is 0 Å². The van der Waals surface area contributed by atoms with E-state index in [1.165, 1.54) is 0 Å². The monoisotopic (exact) mass is 305 g/mol. The smallest absolute Gasteiger partial charge is 0.305 e. The highest BCUT2D eigenvalue weighted by atomic mass is 32.2. The molecule has 1 aromatic heterocycles. The Balaban J connectivity index is 1.98. The highest BCUT2D eigenvalue weighted by Gasteiger charge is 2.23. The molecule has 8 heteroatoms. The zero-order valence-corrected chi connectivity index (χ0v) is 12.7. The quantitative estimate of drug-likeness (QED) is 0.842. The van der Waals surface area contributed by atoms with Crippen molar-refractivity contribution in [1.82, 2.24) is 14.6 Å². The van der Waals surface area contributed by atoms with Crippen molar-refractivity contribution < 1.29 is 8.42 Å². The van der Waals surface area contributed by atoms with Gasteiger partial charge in [-0.15, -0.1) is 0 Å². The summed E-state index contributed by atoms with van der Waals surface area (Å²) in [5.41, 5.74) is 0.408. The van der Waals surface area contributed by atoms with Crippen LogP contribution in [0.1, 0.15) is 18.5 Å². The van der Waals surface area contributed by atoms with Gasteiger partial charge >= 0.3 is 4.87 Å². The number of nitrogens with one attached hydrogen (secondary N) is 2. The van der Waals surface area contributed by atoms with Gasteiger partial charge in [-0.05, 0) is 45.8 Å². The Morgan fingerprint density at radius 2 is 2.05 bits per heavy atom. The van der Waals surface area contributed by atoms with Crippen LogP contribution in [0.3, 0.4) is 0 Å². The fourth-order valence-electron chi connectivity index (χ4n) is 2.21. The van der Waals surface area contributed by atoms with Crippen molar-refractivity contribution in [2.24, 2.45) is 5.92 Å². The van der Waals surface area contributed by atoms with Crippen molar-refractivity contribution in [2.75, 3.05) is 26.7 Å². The van der Waals surface area contributed by atoms with E-state index in [0.29, 0.717) is 18.2 Å². The number of rotatable bonds is 4. The fourth-order valence-corrected chi connectivity index (χ4v) is 4.67. The molecule has 0 bridgehead atoms. The number of aromatic nitrogens is 1. The molecule has 0 aromatic carbocycles. The van der Waals surface area contributed by atoms with Crippen LogP contribution in [-0.2, 0) is 10.0 Å². The Kier molecular flexibility index (Phi) is 4.44. The van der Waals surface area contributed by atoms with Gasteiger partial charge in [-0.2, -0.15) is 0 Å². The van der Waals surface area contributed by atoms with Gasteiger partial charge in [0, 0.05) is 12.2 Å². The SMILES string of the molecule is Cc1[nH]c(=O)sc1S(=O)(=O)NCC1CCN(C)CC1. The van der Waals surface area contributed by atoms with Gasteiger partial charge in [0.15, 0.2) is 4.21 Å². The Morgan fingerprint density at radius 1 is 1.42 bits per heavy atom. The van der Waals surface area contributed by atoms with Gasteiger partial charge in [-0.25, -0.2) is 13.1 Å². The van der Waals surface area contributed by atoms with Crippen LogP contribution in [0.5, 0.6) is 0 Å². The first-order chi connectivity index (χ1) is 8.88. The molecular formula is C11H19N3O3S2. The van der Waals surface area contributed by atoms with Gasteiger partial charge in [0.05, 0.1) is 0 Å². The third kappa shape index (κ3) is 3.65. The third-order valence-corrected chi connectivity index (χ3v) is 6.45. The van der Waals surface area contributed by atoms with Gasteiger partial charge in [0.1, 0.15) is 0 Å². The molecule has 1 saturated heterocycles. The van der Waals surface area contributed by atoms with Crippen LogP contribution in [0.4, 0.5) is 0 Å². The molecule has 6 nitrogen and oxygen atoms in total. The van der Waals surface area contributed by atoms with E-state index in [1.807, 2.05) is 0 Å². The molecule has 0 atom stereocenters. The maximum absolute atomic E-state index is 12.1. The van der Waals surface area contributed by atoms with E-state index in [4.69, 9.17) is 0 Å². The van der Waals surface area contributed by atoms with Crippen LogP contribution in [0.25, 0.3) is 0 Å². The molecule has 108 valence electrons. The van der Waals surface area contributed by atoms with Gasteiger partial charge in [0.25, 0.3) is 10.0 Å². The molecule has 0 aliphatic carbocycles. The lowest BCUT2D eigenvalue weighted by Gasteiger charge is -2.28. The van der Waals surface area contributed by atoms with E-state index < -0.39 is 10.0 Å². The molecule has 19 heavy (non-hydrogen) atoms. The maximum atomic E-state index is 12.1. The van der Waals surface area contributed by atoms with E-state index in [9.17, 15) is 13.2 Å². The highest BCUT2D eigenvalue weighted by molar-refractivity contribution is 7.91. The summed E-state index contributed by atoms with van der Waals surface area (Å²) in [5.74, 6) is 0.377. The summed E-state index contributed by atoms with van der Waals surface area (Å²) in [6.07, 6.45) is 2.00. The number of aromatic amines is 1. The first kappa shape index (κ1) is 14.7. The molecule has 1 fully saturated rings. The Morgan fingerprint density at radius 3 is 2.58 bits per heavy atom. The Hall–Kier alpha value is -0.700. The number of aryl methyl sites for hydroxylation is 1. The number of piperidine rings is 1. The first-order valence-electron chi connectivity index (χ1n) is 6.26. The lowest BCUT2D eigenvalue weighted by molar-refractivity contribution is 0.220. The molecule has 1 aliphatic heterocycles. The summed E-state index contributed by atoms with van der Waals surface area (Å²) in [7, 11) is -1.49. The predicted molar refractivity (Wildman–Crippen MR) is 75.1 cm³/mol. The number of thiazole rings is 1. The van der Waals surface area contributed by atoms with Crippen molar-refractivity contribution in [1.29, 1.82) is 0 Å². The van der Waals surface area contributed by atoms with E-state index in [0.717, 1.165) is 37.3 Å². The van der Waals surface area contributed by atoms with Crippen LogP contribution in [0.2, 0.25) is 0 Å². The van der Waals surface area contributed by atoms with Crippen molar-refractivity contribution in [3.05, 3.63) is 15.4 Å². The number of nitrogens with zero attached hydrogens (tertiary/aromatic N) is 1. The topological polar surface area (TPSA) is 82.3 Å². The average Bonchev–Trinajstić information content (AvgIpc) is 2.69. The van der Waals surface area contributed by atoms with Crippen molar-refractivity contribution in [2.45, 2.75) is 24.0 Å². The van der Waals surface area contributed by atoms with E-state index >= 15 is 0 Å². The zero-order chi connectivity index (χ0) is 14.0. The van der Waals surface area contributed by atoms with E-state index in [2.05, 4.69) is 21.7 Å². The lowest BCUT2D eigenvalue weighted by Crippen LogP contribution is -2.36. The molecule has 0 amide bonds. The summed E-state index contributed by atoms with van der Waals surface area (Å²) in [6.45, 7) is 4.05. The molecule has 0 radical (unpaired) electrons. The van der Waals surface area contributed by atoms with Gasteiger partial charge < -0.3 is 9.88 Å². The zero-order valence-electron chi connectivity index (χ0n) is 11.1. The number of hydrogen-bond acceptors (Lipinski definition) is 5. The predicted octanol–water partition coefficient (Wildman–Crippen LogP) is 0.365. The Labute approximate surface area is 116 Å². The van der Waals surface area contributed by atoms with Crippen LogP contribution in [0, 0.1) is 12.8 Å².